The Morgan fingerprint density at radius 3 is 3.00 bits per heavy atom. The van der Waals surface area contributed by atoms with Crippen molar-refractivity contribution in [3.05, 3.63) is 24.4 Å². The number of guanidine groups is 1. The molecule has 0 saturated carbocycles. The Kier molecular flexibility index (Phi) is 7.33. The van der Waals surface area contributed by atoms with E-state index in [1.165, 1.54) is 0 Å². The maximum atomic E-state index is 5.84. The van der Waals surface area contributed by atoms with Crippen molar-refractivity contribution in [3.8, 4) is 0 Å². The molecular weight excluding hydrogens is 381 g/mol. The van der Waals surface area contributed by atoms with Crippen LogP contribution < -0.4 is 11.1 Å². The molecule has 2 rings (SSSR count). The van der Waals surface area contributed by atoms with Gasteiger partial charge in [-0.05, 0) is 26.0 Å². The molecule has 21 heavy (non-hydrogen) atoms. The molecule has 0 aliphatic carbocycles. The van der Waals surface area contributed by atoms with Crippen molar-refractivity contribution in [2.75, 3.05) is 38.2 Å². The van der Waals surface area contributed by atoms with Gasteiger partial charge in [-0.15, -0.1) is 24.0 Å². The van der Waals surface area contributed by atoms with E-state index in [0.717, 1.165) is 26.3 Å². The first-order chi connectivity index (χ1) is 9.58. The predicted octanol–water partition coefficient (Wildman–Crippen LogP) is 1.54. The number of pyridine rings is 1. The molecular formula is C14H24IN5O. The van der Waals surface area contributed by atoms with Gasteiger partial charge >= 0.3 is 0 Å². The summed E-state index contributed by atoms with van der Waals surface area (Å²) >= 11 is 0. The molecule has 1 aliphatic rings. The number of hydrogen-bond acceptors (Lipinski definition) is 4. The molecule has 0 spiro atoms. The largest absolute Gasteiger partial charge is 0.378 e. The van der Waals surface area contributed by atoms with Gasteiger partial charge in [0.25, 0.3) is 0 Å². The zero-order valence-corrected chi connectivity index (χ0v) is 14.9. The van der Waals surface area contributed by atoms with Crippen LogP contribution in [-0.4, -0.2) is 54.2 Å². The monoisotopic (exact) mass is 405 g/mol. The number of hydrogen-bond donors (Lipinski definition) is 2. The lowest BCUT2D eigenvalue weighted by atomic mass is 10.0. The van der Waals surface area contributed by atoms with Crippen molar-refractivity contribution < 1.29 is 4.74 Å². The van der Waals surface area contributed by atoms with Crippen LogP contribution in [0.15, 0.2) is 29.4 Å². The topological polar surface area (TPSA) is 75.8 Å². The van der Waals surface area contributed by atoms with Crippen LogP contribution in [0.4, 0.5) is 5.82 Å². The summed E-state index contributed by atoms with van der Waals surface area (Å²) in [7, 11) is 0. The first-order valence-electron chi connectivity index (χ1n) is 6.89. The molecule has 0 aromatic carbocycles. The second-order valence-electron chi connectivity index (χ2n) is 5.46. The number of anilines is 1. The Morgan fingerprint density at radius 2 is 2.33 bits per heavy atom. The van der Waals surface area contributed by atoms with Crippen LogP contribution in [0, 0.1) is 0 Å². The van der Waals surface area contributed by atoms with E-state index < -0.39 is 0 Å². The average Bonchev–Trinajstić information content (AvgIpc) is 2.41. The average molecular weight is 405 g/mol. The summed E-state index contributed by atoms with van der Waals surface area (Å²) in [6.45, 7) is 8.40. The van der Waals surface area contributed by atoms with Crippen LogP contribution in [0.25, 0.3) is 0 Å². The number of nitrogens with two attached hydrogens (primary N) is 1. The number of aliphatic imine (C=N–C) groups is 1. The van der Waals surface area contributed by atoms with Gasteiger partial charge in [-0.25, -0.2) is 4.98 Å². The number of aromatic nitrogens is 1. The van der Waals surface area contributed by atoms with E-state index in [-0.39, 0.29) is 29.5 Å². The third-order valence-electron chi connectivity index (χ3n) is 3.39. The highest BCUT2D eigenvalue weighted by Crippen LogP contribution is 2.18. The van der Waals surface area contributed by atoms with Crippen LogP contribution in [0.5, 0.6) is 0 Å². The summed E-state index contributed by atoms with van der Waals surface area (Å²) < 4.78 is 5.50. The molecule has 0 bridgehead atoms. The minimum Gasteiger partial charge on any atom is -0.378 e. The second-order valence-corrected chi connectivity index (χ2v) is 5.46. The zero-order chi connectivity index (χ0) is 14.4. The van der Waals surface area contributed by atoms with Gasteiger partial charge in [0.2, 0.25) is 0 Å². The van der Waals surface area contributed by atoms with Crippen molar-refractivity contribution in [1.82, 2.24) is 9.88 Å². The van der Waals surface area contributed by atoms with Gasteiger partial charge in [0, 0.05) is 24.8 Å². The normalized spacial score (nSPS) is 18.9. The highest BCUT2D eigenvalue weighted by atomic mass is 127. The Morgan fingerprint density at radius 1 is 1.52 bits per heavy atom. The molecule has 6 nitrogen and oxygen atoms in total. The maximum absolute atomic E-state index is 5.84. The smallest absolute Gasteiger partial charge is 0.194 e. The molecule has 1 saturated heterocycles. The minimum atomic E-state index is 0. The molecule has 3 N–H and O–H groups in total. The van der Waals surface area contributed by atoms with Crippen LogP contribution in [0.1, 0.15) is 13.8 Å². The van der Waals surface area contributed by atoms with Crippen LogP contribution in [0.2, 0.25) is 0 Å². The fourth-order valence-electron chi connectivity index (χ4n) is 2.20. The van der Waals surface area contributed by atoms with Crippen LogP contribution in [-0.2, 0) is 4.74 Å². The van der Waals surface area contributed by atoms with Gasteiger partial charge in [0.05, 0.1) is 19.8 Å². The number of rotatable bonds is 4. The van der Waals surface area contributed by atoms with Crippen LogP contribution in [0.3, 0.4) is 0 Å². The first-order valence-corrected chi connectivity index (χ1v) is 6.89. The molecule has 7 heteroatoms. The Labute approximate surface area is 143 Å². The third kappa shape index (κ3) is 5.76. The molecule has 118 valence electrons. The molecule has 0 unspecified atom stereocenters. The lowest BCUT2D eigenvalue weighted by Crippen LogP contribution is -2.53. The fraction of sp³-hybridized carbons (Fsp3) is 0.571. The molecule has 2 heterocycles. The fourth-order valence-corrected chi connectivity index (χ4v) is 2.20. The number of ether oxygens (including phenoxy) is 1. The summed E-state index contributed by atoms with van der Waals surface area (Å²) in [4.78, 5) is 10.9. The summed E-state index contributed by atoms with van der Waals surface area (Å²) in [6, 6.07) is 5.62. The van der Waals surface area contributed by atoms with Crippen LogP contribution >= 0.6 is 24.0 Å². The third-order valence-corrected chi connectivity index (χ3v) is 3.39. The Hall–Kier alpha value is -0.930. The minimum absolute atomic E-state index is 0. The van der Waals surface area contributed by atoms with Crippen molar-refractivity contribution in [2.24, 2.45) is 10.7 Å². The van der Waals surface area contributed by atoms with E-state index in [1.54, 1.807) is 6.20 Å². The summed E-state index contributed by atoms with van der Waals surface area (Å²) in [6.07, 6.45) is 1.71. The lowest BCUT2D eigenvalue weighted by molar-refractivity contribution is -0.0491. The lowest BCUT2D eigenvalue weighted by Gasteiger charge is -2.41. The van der Waals surface area contributed by atoms with E-state index in [0.29, 0.717) is 18.3 Å². The van der Waals surface area contributed by atoms with Gasteiger partial charge in [-0.2, -0.15) is 0 Å². The number of halogens is 1. The predicted molar refractivity (Wildman–Crippen MR) is 96.2 cm³/mol. The van der Waals surface area contributed by atoms with E-state index in [9.17, 15) is 0 Å². The van der Waals surface area contributed by atoms with Gasteiger partial charge in [-0.1, -0.05) is 6.07 Å². The molecule has 0 amide bonds. The summed E-state index contributed by atoms with van der Waals surface area (Å²) in [5.41, 5.74) is 5.91. The molecule has 0 atom stereocenters. The standard InChI is InChI=1S/C14H23N5O.HI/c1-14(2)11-20-10-9-19(14)8-7-17-13(15)18-12-5-3-4-6-16-12;/h3-6H,7-11H2,1-2H3,(H3,15,16,17,18);1H. The highest BCUT2D eigenvalue weighted by Gasteiger charge is 2.29. The zero-order valence-electron chi connectivity index (χ0n) is 12.6. The number of nitrogens with one attached hydrogen (secondary N) is 1. The SMILES string of the molecule is CC1(C)COCCN1CCN=C(N)Nc1ccccn1.I. The maximum Gasteiger partial charge on any atom is 0.194 e. The van der Waals surface area contributed by atoms with E-state index >= 15 is 0 Å². The quantitative estimate of drug-likeness (QED) is 0.452. The molecule has 1 aromatic rings. The summed E-state index contributed by atoms with van der Waals surface area (Å²) in [5, 5.41) is 2.97. The second kappa shape index (κ2) is 8.50. The number of nitrogens with zero attached hydrogens (tertiary/aromatic N) is 3. The highest BCUT2D eigenvalue weighted by molar-refractivity contribution is 14.0. The first kappa shape index (κ1) is 18.1. The number of morpholine rings is 1. The Balaban J connectivity index is 0.00000220. The van der Waals surface area contributed by atoms with Crippen molar-refractivity contribution in [2.45, 2.75) is 19.4 Å². The van der Waals surface area contributed by atoms with E-state index in [1.807, 2.05) is 18.2 Å². The summed E-state index contributed by atoms with van der Waals surface area (Å²) in [5.74, 6) is 1.11. The van der Waals surface area contributed by atoms with Crippen molar-refractivity contribution in [1.29, 1.82) is 0 Å². The molecule has 1 fully saturated rings. The van der Waals surface area contributed by atoms with Gasteiger partial charge in [0.1, 0.15) is 5.82 Å². The van der Waals surface area contributed by atoms with Gasteiger partial charge in [0.15, 0.2) is 5.96 Å². The molecule has 0 radical (unpaired) electrons. The molecule has 1 aliphatic heterocycles. The van der Waals surface area contributed by atoms with E-state index in [2.05, 4.69) is 34.0 Å². The molecule has 1 aromatic heterocycles. The van der Waals surface area contributed by atoms with Crippen molar-refractivity contribution in [3.63, 3.8) is 0 Å². The Bertz CT molecular complexity index is 452. The van der Waals surface area contributed by atoms with E-state index in [4.69, 9.17) is 10.5 Å². The van der Waals surface area contributed by atoms with Gasteiger partial charge < -0.3 is 15.8 Å². The van der Waals surface area contributed by atoms with Crippen molar-refractivity contribution >= 4 is 35.8 Å². The van der Waals surface area contributed by atoms with Gasteiger partial charge in [-0.3, -0.25) is 9.89 Å².